The summed E-state index contributed by atoms with van der Waals surface area (Å²) in [6, 6.07) is 10.5. The zero-order valence-electron chi connectivity index (χ0n) is 11.8. The van der Waals surface area contributed by atoms with Gasteiger partial charge in [-0.05, 0) is 24.3 Å². The Kier molecular flexibility index (Phi) is 5.62. The van der Waals surface area contributed by atoms with Gasteiger partial charge >= 0.3 is 0 Å². The van der Waals surface area contributed by atoms with E-state index in [0.29, 0.717) is 27.8 Å². The first-order valence-electron chi connectivity index (χ1n) is 6.61. The maximum Gasteiger partial charge on any atom is 0.166 e. The molecule has 2 rings (SSSR count). The third-order valence-electron chi connectivity index (χ3n) is 2.86. The summed E-state index contributed by atoms with van der Waals surface area (Å²) in [6.45, 7) is 4.71. The first-order valence-corrected chi connectivity index (χ1v) is 7.78. The number of hydrogen-bond acceptors (Lipinski definition) is 2. The number of benzene rings is 2. The van der Waals surface area contributed by atoms with E-state index in [2.05, 4.69) is 35.1 Å². The van der Waals surface area contributed by atoms with Crippen LogP contribution < -0.4 is 10.1 Å². The molecule has 0 aliphatic heterocycles. The van der Waals surface area contributed by atoms with E-state index in [1.54, 1.807) is 18.2 Å². The molecule has 0 spiro atoms. The van der Waals surface area contributed by atoms with Crippen molar-refractivity contribution in [3.8, 4) is 11.5 Å². The van der Waals surface area contributed by atoms with Gasteiger partial charge in [-0.25, -0.2) is 4.39 Å². The van der Waals surface area contributed by atoms with Gasteiger partial charge in [0.15, 0.2) is 17.3 Å². The van der Waals surface area contributed by atoms with Gasteiger partial charge in [-0.15, -0.1) is 0 Å². The van der Waals surface area contributed by atoms with E-state index in [1.165, 1.54) is 6.07 Å². The van der Waals surface area contributed by atoms with Crippen molar-refractivity contribution < 1.29 is 9.13 Å². The van der Waals surface area contributed by atoms with Crippen LogP contribution in [0.15, 0.2) is 40.9 Å². The van der Waals surface area contributed by atoms with Gasteiger partial charge in [0.25, 0.3) is 0 Å². The average Bonchev–Trinajstić information content (AvgIpc) is 2.42. The lowest BCUT2D eigenvalue weighted by molar-refractivity contribution is 0.434. The molecular weight excluding hydrogens is 357 g/mol. The molecule has 21 heavy (non-hydrogen) atoms. The molecule has 0 heterocycles. The fourth-order valence-corrected chi connectivity index (χ4v) is 2.35. The first kappa shape index (κ1) is 16.3. The van der Waals surface area contributed by atoms with Crippen molar-refractivity contribution >= 4 is 27.5 Å². The lowest BCUT2D eigenvalue weighted by Gasteiger charge is -2.15. The molecule has 0 bridgehead atoms. The maximum absolute atomic E-state index is 13.9. The van der Waals surface area contributed by atoms with Gasteiger partial charge in [0.1, 0.15) is 0 Å². The SMILES string of the molecule is CC(C)NCc1cccc(Cl)c1Oc1ccc(Br)cc1F. The van der Waals surface area contributed by atoms with E-state index in [-0.39, 0.29) is 5.75 Å². The number of ether oxygens (including phenoxy) is 1. The Morgan fingerprint density at radius 2 is 2.05 bits per heavy atom. The highest BCUT2D eigenvalue weighted by Gasteiger charge is 2.12. The highest BCUT2D eigenvalue weighted by atomic mass is 79.9. The Bertz CT molecular complexity index is 634. The van der Waals surface area contributed by atoms with E-state index >= 15 is 0 Å². The van der Waals surface area contributed by atoms with Crippen LogP contribution in [0.25, 0.3) is 0 Å². The van der Waals surface area contributed by atoms with Gasteiger partial charge < -0.3 is 10.1 Å². The highest BCUT2D eigenvalue weighted by molar-refractivity contribution is 9.10. The van der Waals surface area contributed by atoms with Crippen molar-refractivity contribution in [1.82, 2.24) is 5.32 Å². The van der Waals surface area contributed by atoms with Gasteiger partial charge in [0, 0.05) is 22.6 Å². The Morgan fingerprint density at radius 1 is 1.29 bits per heavy atom. The Hall–Kier alpha value is -1.10. The Morgan fingerprint density at radius 3 is 2.71 bits per heavy atom. The van der Waals surface area contributed by atoms with Gasteiger partial charge in [0.2, 0.25) is 0 Å². The highest BCUT2D eigenvalue weighted by Crippen LogP contribution is 2.34. The predicted octanol–water partition coefficient (Wildman–Crippen LogP) is 5.53. The molecule has 0 radical (unpaired) electrons. The molecule has 0 saturated heterocycles. The van der Waals surface area contributed by atoms with Crippen LogP contribution in [-0.4, -0.2) is 6.04 Å². The number of nitrogens with one attached hydrogen (secondary N) is 1. The van der Waals surface area contributed by atoms with E-state index in [9.17, 15) is 4.39 Å². The largest absolute Gasteiger partial charge is 0.452 e. The van der Waals surface area contributed by atoms with Crippen LogP contribution in [0.2, 0.25) is 5.02 Å². The Balaban J connectivity index is 2.29. The van der Waals surface area contributed by atoms with Crippen LogP contribution in [0.4, 0.5) is 4.39 Å². The molecule has 1 N–H and O–H groups in total. The molecule has 5 heteroatoms. The molecule has 112 valence electrons. The molecule has 2 nitrogen and oxygen atoms in total. The number of hydrogen-bond donors (Lipinski definition) is 1. The molecule has 2 aromatic rings. The zero-order valence-corrected chi connectivity index (χ0v) is 14.1. The van der Waals surface area contributed by atoms with Crippen molar-refractivity contribution in [3.63, 3.8) is 0 Å². The van der Waals surface area contributed by atoms with Gasteiger partial charge in [-0.2, -0.15) is 0 Å². The van der Waals surface area contributed by atoms with Crippen LogP contribution in [0, 0.1) is 5.82 Å². The molecule has 0 amide bonds. The maximum atomic E-state index is 13.9. The van der Waals surface area contributed by atoms with Gasteiger partial charge in [-0.1, -0.05) is 53.5 Å². The number of para-hydroxylation sites is 1. The van der Waals surface area contributed by atoms with E-state index in [4.69, 9.17) is 16.3 Å². The summed E-state index contributed by atoms with van der Waals surface area (Å²) in [5.74, 6) is 0.192. The summed E-state index contributed by atoms with van der Waals surface area (Å²) in [7, 11) is 0. The van der Waals surface area contributed by atoms with Crippen LogP contribution in [0.5, 0.6) is 11.5 Å². The number of halogens is 3. The third-order valence-corrected chi connectivity index (χ3v) is 3.65. The monoisotopic (exact) mass is 371 g/mol. The third kappa shape index (κ3) is 4.43. The van der Waals surface area contributed by atoms with Crippen LogP contribution in [0.3, 0.4) is 0 Å². The second-order valence-electron chi connectivity index (χ2n) is 4.94. The van der Waals surface area contributed by atoms with Crippen molar-refractivity contribution in [2.45, 2.75) is 26.4 Å². The zero-order chi connectivity index (χ0) is 15.4. The standard InChI is InChI=1S/C16H16BrClFNO/c1-10(2)20-9-11-4-3-5-13(18)16(11)21-15-7-6-12(17)8-14(15)19/h3-8,10,20H,9H2,1-2H3. The van der Waals surface area contributed by atoms with Crippen molar-refractivity contribution in [1.29, 1.82) is 0 Å². The number of rotatable bonds is 5. The summed E-state index contributed by atoms with van der Waals surface area (Å²) < 4.78 is 20.3. The summed E-state index contributed by atoms with van der Waals surface area (Å²) in [5, 5.41) is 3.76. The fourth-order valence-electron chi connectivity index (χ4n) is 1.79. The van der Waals surface area contributed by atoms with Gasteiger partial charge in [0.05, 0.1) is 5.02 Å². The quantitative estimate of drug-likeness (QED) is 0.745. The summed E-state index contributed by atoms with van der Waals surface area (Å²) in [4.78, 5) is 0. The van der Waals surface area contributed by atoms with E-state index in [1.807, 2.05) is 12.1 Å². The molecule has 0 aromatic heterocycles. The normalized spacial score (nSPS) is 11.0. The molecule has 0 fully saturated rings. The summed E-state index contributed by atoms with van der Waals surface area (Å²) in [6.07, 6.45) is 0. The molecule has 0 aliphatic carbocycles. The minimum absolute atomic E-state index is 0.150. The topological polar surface area (TPSA) is 21.3 Å². The van der Waals surface area contributed by atoms with Crippen LogP contribution in [0.1, 0.15) is 19.4 Å². The van der Waals surface area contributed by atoms with Crippen molar-refractivity contribution in [2.75, 3.05) is 0 Å². The summed E-state index contributed by atoms with van der Waals surface area (Å²) in [5.41, 5.74) is 0.888. The second kappa shape index (κ2) is 7.25. The molecule has 2 aromatic carbocycles. The molecule has 0 aliphatic rings. The first-order chi connectivity index (χ1) is 9.97. The minimum Gasteiger partial charge on any atom is -0.452 e. The average molecular weight is 373 g/mol. The lowest BCUT2D eigenvalue weighted by Crippen LogP contribution is -2.22. The van der Waals surface area contributed by atoms with E-state index in [0.717, 1.165) is 5.56 Å². The second-order valence-corrected chi connectivity index (χ2v) is 6.26. The molecule has 0 saturated carbocycles. The smallest absolute Gasteiger partial charge is 0.166 e. The van der Waals surface area contributed by atoms with Gasteiger partial charge in [-0.3, -0.25) is 0 Å². The van der Waals surface area contributed by atoms with Crippen molar-refractivity contribution in [2.24, 2.45) is 0 Å². The van der Waals surface area contributed by atoms with Crippen LogP contribution in [-0.2, 0) is 6.54 Å². The molecule has 0 unspecified atom stereocenters. The summed E-state index contributed by atoms with van der Waals surface area (Å²) >= 11 is 9.41. The predicted molar refractivity (Wildman–Crippen MR) is 87.6 cm³/mol. The minimum atomic E-state index is -0.438. The fraction of sp³-hybridized carbons (Fsp3) is 0.250. The van der Waals surface area contributed by atoms with E-state index < -0.39 is 5.82 Å². The molecular formula is C16H16BrClFNO. The lowest BCUT2D eigenvalue weighted by atomic mass is 10.2. The molecule has 0 atom stereocenters. The van der Waals surface area contributed by atoms with Crippen molar-refractivity contribution in [3.05, 3.63) is 57.3 Å². The van der Waals surface area contributed by atoms with Crippen LogP contribution >= 0.6 is 27.5 Å². The Labute approximate surface area is 137 Å².